The van der Waals surface area contributed by atoms with Gasteiger partial charge in [0.05, 0.1) is 6.04 Å². The number of phenolic OH excluding ortho intramolecular Hbond substituents is 1. The Morgan fingerprint density at radius 1 is 1.14 bits per heavy atom. The van der Waals surface area contributed by atoms with Gasteiger partial charge in [0.25, 0.3) is 0 Å². The van der Waals surface area contributed by atoms with Crippen LogP contribution in [0, 0.1) is 5.82 Å². The van der Waals surface area contributed by atoms with Crippen molar-refractivity contribution in [3.8, 4) is 5.75 Å². The lowest BCUT2D eigenvalue weighted by molar-refractivity contribution is 0.474. The van der Waals surface area contributed by atoms with Crippen LogP contribution in [0.15, 0.2) is 48.8 Å². The van der Waals surface area contributed by atoms with E-state index in [1.54, 1.807) is 30.3 Å². The van der Waals surface area contributed by atoms with Crippen LogP contribution in [0.4, 0.5) is 10.2 Å². The Labute approximate surface area is 121 Å². The molecule has 4 nitrogen and oxygen atoms in total. The fourth-order valence-electron chi connectivity index (χ4n) is 2.25. The molecule has 0 spiro atoms. The van der Waals surface area contributed by atoms with Crippen LogP contribution in [0.1, 0.15) is 18.5 Å². The highest BCUT2D eigenvalue weighted by Crippen LogP contribution is 2.26. The molecule has 0 aliphatic heterocycles. The Morgan fingerprint density at radius 3 is 2.76 bits per heavy atom. The van der Waals surface area contributed by atoms with Crippen LogP contribution in [0.5, 0.6) is 5.75 Å². The van der Waals surface area contributed by atoms with E-state index >= 15 is 0 Å². The van der Waals surface area contributed by atoms with E-state index in [0.29, 0.717) is 11.2 Å². The molecular weight excluding hydrogens is 269 g/mol. The number of fused-ring (bicyclic) bond motifs is 1. The lowest BCUT2D eigenvalue weighted by atomic mass is 10.1. The molecule has 0 saturated heterocycles. The molecule has 1 aromatic heterocycles. The third kappa shape index (κ3) is 2.63. The molecule has 2 N–H and O–H groups in total. The monoisotopic (exact) mass is 283 g/mol. The van der Waals surface area contributed by atoms with Gasteiger partial charge in [-0.1, -0.05) is 18.2 Å². The van der Waals surface area contributed by atoms with E-state index < -0.39 is 0 Å². The van der Waals surface area contributed by atoms with Gasteiger partial charge in [-0.15, -0.1) is 0 Å². The number of anilines is 1. The summed E-state index contributed by atoms with van der Waals surface area (Å²) < 4.78 is 13.7. The van der Waals surface area contributed by atoms with Crippen molar-refractivity contribution in [2.45, 2.75) is 13.0 Å². The first kappa shape index (κ1) is 13.3. The normalized spacial score (nSPS) is 12.3. The van der Waals surface area contributed by atoms with E-state index in [4.69, 9.17) is 0 Å². The minimum atomic E-state index is -0.372. The number of phenols is 1. The van der Waals surface area contributed by atoms with Crippen LogP contribution < -0.4 is 5.32 Å². The molecule has 0 aliphatic rings. The van der Waals surface area contributed by atoms with Crippen LogP contribution in [0.2, 0.25) is 0 Å². The van der Waals surface area contributed by atoms with Gasteiger partial charge in [-0.2, -0.15) is 0 Å². The predicted octanol–water partition coefficient (Wildman–Crippen LogP) is 3.65. The first-order chi connectivity index (χ1) is 10.1. The number of benzene rings is 2. The summed E-state index contributed by atoms with van der Waals surface area (Å²) in [5.41, 5.74) is 1.20. The summed E-state index contributed by atoms with van der Waals surface area (Å²) >= 11 is 0. The summed E-state index contributed by atoms with van der Waals surface area (Å²) in [4.78, 5) is 8.15. The lowest BCUT2D eigenvalue weighted by Gasteiger charge is -2.16. The number of nitrogens with one attached hydrogen (secondary N) is 1. The Hall–Kier alpha value is -2.69. The minimum absolute atomic E-state index is 0.0848. The SMILES string of the molecule is CC(Nc1ncnc2c(F)cccc12)c1cccc(O)c1. The largest absolute Gasteiger partial charge is 0.508 e. The number of para-hydroxylation sites is 1. The molecule has 0 fully saturated rings. The number of aromatic hydroxyl groups is 1. The van der Waals surface area contributed by atoms with E-state index in [1.165, 1.54) is 12.4 Å². The van der Waals surface area contributed by atoms with Crippen molar-refractivity contribution in [1.82, 2.24) is 9.97 Å². The highest BCUT2D eigenvalue weighted by Gasteiger charge is 2.11. The summed E-state index contributed by atoms with van der Waals surface area (Å²) in [5, 5.41) is 13.4. The summed E-state index contributed by atoms with van der Waals surface area (Å²) in [6.07, 6.45) is 1.34. The second-order valence-corrected chi connectivity index (χ2v) is 4.82. The van der Waals surface area contributed by atoms with E-state index in [9.17, 15) is 9.50 Å². The van der Waals surface area contributed by atoms with E-state index in [2.05, 4.69) is 15.3 Å². The standard InChI is InChI=1S/C16H14FN3O/c1-10(11-4-2-5-12(21)8-11)20-16-13-6-3-7-14(17)15(13)18-9-19-16/h2-10,21H,1H3,(H,18,19,20). The third-order valence-corrected chi connectivity index (χ3v) is 3.34. The second kappa shape index (κ2) is 5.36. The number of hydrogen-bond acceptors (Lipinski definition) is 4. The average molecular weight is 283 g/mol. The smallest absolute Gasteiger partial charge is 0.149 e. The zero-order chi connectivity index (χ0) is 14.8. The summed E-state index contributed by atoms with van der Waals surface area (Å²) in [5.74, 6) is 0.401. The number of rotatable bonds is 3. The molecule has 0 radical (unpaired) electrons. The van der Waals surface area contributed by atoms with Gasteiger partial charge in [-0.05, 0) is 36.8 Å². The Kier molecular flexibility index (Phi) is 3.39. The van der Waals surface area contributed by atoms with Crippen LogP contribution in [0.3, 0.4) is 0 Å². The molecule has 2 aromatic carbocycles. The second-order valence-electron chi connectivity index (χ2n) is 4.82. The zero-order valence-electron chi connectivity index (χ0n) is 11.4. The Morgan fingerprint density at radius 2 is 1.95 bits per heavy atom. The third-order valence-electron chi connectivity index (χ3n) is 3.34. The van der Waals surface area contributed by atoms with Gasteiger partial charge in [0, 0.05) is 5.39 Å². The zero-order valence-corrected chi connectivity index (χ0v) is 11.4. The topological polar surface area (TPSA) is 58.0 Å². The fraction of sp³-hybridized carbons (Fsp3) is 0.125. The van der Waals surface area contributed by atoms with Gasteiger partial charge >= 0.3 is 0 Å². The van der Waals surface area contributed by atoms with E-state index in [-0.39, 0.29) is 23.1 Å². The van der Waals surface area contributed by atoms with Gasteiger partial charge in [0.2, 0.25) is 0 Å². The Balaban J connectivity index is 1.97. The van der Waals surface area contributed by atoms with Crippen LogP contribution in [-0.2, 0) is 0 Å². The molecule has 1 atom stereocenters. The van der Waals surface area contributed by atoms with E-state index in [0.717, 1.165) is 5.56 Å². The predicted molar refractivity (Wildman–Crippen MR) is 79.6 cm³/mol. The maximum Gasteiger partial charge on any atom is 0.149 e. The quantitative estimate of drug-likeness (QED) is 0.770. The van der Waals surface area contributed by atoms with Crippen LogP contribution in [-0.4, -0.2) is 15.1 Å². The highest BCUT2D eigenvalue weighted by molar-refractivity contribution is 5.89. The van der Waals surface area contributed by atoms with Gasteiger partial charge in [0.1, 0.15) is 29.2 Å². The van der Waals surface area contributed by atoms with E-state index in [1.807, 2.05) is 13.0 Å². The summed E-state index contributed by atoms with van der Waals surface area (Å²) in [6, 6.07) is 11.7. The van der Waals surface area contributed by atoms with Crippen molar-refractivity contribution in [2.75, 3.05) is 5.32 Å². The van der Waals surface area contributed by atoms with Gasteiger partial charge < -0.3 is 10.4 Å². The van der Waals surface area contributed by atoms with Crippen molar-refractivity contribution < 1.29 is 9.50 Å². The molecule has 21 heavy (non-hydrogen) atoms. The molecule has 3 aromatic rings. The van der Waals surface area contributed by atoms with Gasteiger partial charge in [-0.3, -0.25) is 0 Å². The van der Waals surface area contributed by atoms with Crippen molar-refractivity contribution >= 4 is 16.7 Å². The molecule has 0 aliphatic carbocycles. The van der Waals surface area contributed by atoms with Crippen LogP contribution in [0.25, 0.3) is 10.9 Å². The molecule has 0 amide bonds. The minimum Gasteiger partial charge on any atom is -0.508 e. The number of aromatic nitrogens is 2. The number of hydrogen-bond donors (Lipinski definition) is 2. The molecule has 1 unspecified atom stereocenters. The number of halogens is 1. The molecular formula is C16H14FN3O. The summed E-state index contributed by atoms with van der Waals surface area (Å²) in [6.45, 7) is 1.95. The first-order valence-electron chi connectivity index (χ1n) is 6.60. The first-order valence-corrected chi connectivity index (χ1v) is 6.60. The van der Waals surface area contributed by atoms with Crippen molar-refractivity contribution in [2.24, 2.45) is 0 Å². The maximum atomic E-state index is 13.7. The van der Waals surface area contributed by atoms with Crippen LogP contribution >= 0.6 is 0 Å². The highest BCUT2D eigenvalue weighted by atomic mass is 19.1. The van der Waals surface area contributed by atoms with Gasteiger partial charge in [-0.25, -0.2) is 14.4 Å². The molecule has 0 bridgehead atoms. The number of nitrogens with zero attached hydrogens (tertiary/aromatic N) is 2. The Bertz CT molecular complexity index is 791. The lowest BCUT2D eigenvalue weighted by Crippen LogP contribution is -2.08. The molecule has 0 saturated carbocycles. The summed E-state index contributed by atoms with van der Waals surface area (Å²) in [7, 11) is 0. The molecule has 106 valence electrons. The van der Waals surface area contributed by atoms with Gasteiger partial charge in [0.15, 0.2) is 0 Å². The fourth-order valence-corrected chi connectivity index (χ4v) is 2.25. The van der Waals surface area contributed by atoms with Crippen molar-refractivity contribution in [3.63, 3.8) is 0 Å². The average Bonchev–Trinajstić information content (AvgIpc) is 2.48. The van der Waals surface area contributed by atoms with Crippen molar-refractivity contribution in [1.29, 1.82) is 0 Å². The molecule has 3 rings (SSSR count). The molecule has 1 heterocycles. The maximum absolute atomic E-state index is 13.7. The molecule has 5 heteroatoms. The van der Waals surface area contributed by atoms with Crippen molar-refractivity contribution in [3.05, 3.63) is 60.2 Å².